The maximum Gasteiger partial charge on any atom is 0.428 e. The Morgan fingerprint density at radius 2 is 1.41 bits per heavy atom. The Hall–Kier alpha value is 0.0969. The molecule has 22 heavy (non-hydrogen) atoms. The highest BCUT2D eigenvalue weighted by atomic mass is 28.4. The molecule has 2 unspecified atom stereocenters. The summed E-state index contributed by atoms with van der Waals surface area (Å²) >= 11 is 0. The minimum atomic E-state index is -2.31. The van der Waals surface area contributed by atoms with E-state index in [-0.39, 0.29) is 0 Å². The molecule has 0 spiro atoms. The van der Waals surface area contributed by atoms with E-state index in [9.17, 15) is 0 Å². The van der Waals surface area contributed by atoms with Crippen LogP contribution in [-0.2, 0) is 8.85 Å². The first kappa shape index (κ1) is 18.4. The zero-order valence-corrected chi connectivity index (χ0v) is 16.0. The van der Waals surface area contributed by atoms with Gasteiger partial charge in [0.2, 0.25) is 0 Å². The van der Waals surface area contributed by atoms with E-state index in [4.69, 9.17) is 8.85 Å². The highest BCUT2D eigenvalue weighted by Gasteiger charge is 2.51. The molecule has 0 heterocycles. The first-order chi connectivity index (χ1) is 10.7. The molecule has 0 radical (unpaired) electrons. The van der Waals surface area contributed by atoms with Crippen LogP contribution in [0.15, 0.2) is 0 Å². The summed E-state index contributed by atoms with van der Waals surface area (Å²) in [6.45, 7) is 8.53. The molecule has 2 rings (SSSR count). The summed E-state index contributed by atoms with van der Waals surface area (Å²) in [5.41, 5.74) is 0.625. The van der Waals surface area contributed by atoms with E-state index in [1.807, 2.05) is 0 Å². The largest absolute Gasteiger partial charge is 0.428 e. The SMILES string of the molecule is CCCO[Si](NC1CCCC1)(OCCC)C1CCCCC1C. The highest BCUT2D eigenvalue weighted by molar-refractivity contribution is 6.66. The smallest absolute Gasteiger partial charge is 0.383 e. The second kappa shape index (κ2) is 9.41. The fraction of sp³-hybridized carbons (Fsp3) is 1.00. The van der Waals surface area contributed by atoms with Crippen LogP contribution < -0.4 is 4.98 Å². The summed E-state index contributed by atoms with van der Waals surface area (Å²) in [4.78, 5) is 3.99. The molecule has 0 aromatic heterocycles. The van der Waals surface area contributed by atoms with Crippen LogP contribution in [0.25, 0.3) is 0 Å². The molecule has 4 heteroatoms. The van der Waals surface area contributed by atoms with E-state index in [1.54, 1.807) is 0 Å². The lowest BCUT2D eigenvalue weighted by molar-refractivity contribution is 0.126. The molecule has 0 aromatic carbocycles. The molecule has 2 saturated carbocycles. The van der Waals surface area contributed by atoms with Crippen LogP contribution in [0, 0.1) is 5.92 Å². The average Bonchev–Trinajstić information content (AvgIpc) is 3.03. The fourth-order valence-corrected chi connectivity index (χ4v) is 8.45. The summed E-state index contributed by atoms with van der Waals surface area (Å²) in [6, 6.07) is 0.634. The fourth-order valence-electron chi connectivity index (χ4n) is 4.19. The summed E-state index contributed by atoms with van der Waals surface area (Å²) in [7, 11) is -2.31. The Morgan fingerprint density at radius 1 is 0.864 bits per heavy atom. The van der Waals surface area contributed by atoms with E-state index in [0.29, 0.717) is 11.6 Å². The van der Waals surface area contributed by atoms with Crippen LogP contribution in [0.4, 0.5) is 0 Å². The summed E-state index contributed by atoms with van der Waals surface area (Å²) < 4.78 is 13.1. The van der Waals surface area contributed by atoms with Crippen LogP contribution in [0.2, 0.25) is 5.54 Å². The quantitative estimate of drug-likeness (QED) is 0.612. The van der Waals surface area contributed by atoms with Crippen molar-refractivity contribution in [2.24, 2.45) is 5.92 Å². The standard InChI is InChI=1S/C18H37NO2Si/c1-4-14-20-22(21-15-5-2,19-17-11-7-8-12-17)18-13-9-6-10-16(18)3/h16-19H,4-15H2,1-3H3. The topological polar surface area (TPSA) is 30.5 Å². The molecule has 0 aliphatic heterocycles. The Balaban J connectivity index is 2.15. The Bertz CT molecular complexity index is 299. The Labute approximate surface area is 138 Å². The molecular weight excluding hydrogens is 290 g/mol. The van der Waals surface area contributed by atoms with Gasteiger partial charge < -0.3 is 8.85 Å². The van der Waals surface area contributed by atoms with Gasteiger partial charge in [-0.1, -0.05) is 52.9 Å². The second-order valence-electron chi connectivity index (χ2n) is 7.36. The molecule has 0 aromatic rings. The third kappa shape index (κ3) is 4.79. The van der Waals surface area contributed by atoms with Crippen molar-refractivity contribution >= 4 is 8.72 Å². The van der Waals surface area contributed by atoms with E-state index in [2.05, 4.69) is 25.8 Å². The molecule has 1 N–H and O–H groups in total. The molecule has 3 nitrogen and oxygen atoms in total. The summed E-state index contributed by atoms with van der Waals surface area (Å²) in [5, 5.41) is 0. The predicted octanol–water partition coefficient (Wildman–Crippen LogP) is 4.89. The third-order valence-corrected chi connectivity index (χ3v) is 9.31. The first-order valence-corrected chi connectivity index (χ1v) is 11.7. The van der Waals surface area contributed by atoms with Crippen molar-refractivity contribution in [3.63, 3.8) is 0 Å². The molecular formula is C18H37NO2Si. The van der Waals surface area contributed by atoms with Gasteiger partial charge in [-0.2, -0.15) is 0 Å². The Morgan fingerprint density at radius 3 is 1.95 bits per heavy atom. The zero-order valence-electron chi connectivity index (χ0n) is 15.0. The summed E-state index contributed by atoms with van der Waals surface area (Å²) in [5.74, 6) is 0.739. The molecule has 2 fully saturated rings. The van der Waals surface area contributed by atoms with E-state index >= 15 is 0 Å². The minimum Gasteiger partial charge on any atom is -0.383 e. The molecule has 2 atom stereocenters. The highest BCUT2D eigenvalue weighted by Crippen LogP contribution is 2.42. The normalized spacial score (nSPS) is 27.4. The van der Waals surface area contributed by atoms with Crippen LogP contribution in [-0.4, -0.2) is 28.0 Å². The summed E-state index contributed by atoms with van der Waals surface area (Å²) in [6.07, 6.45) is 12.9. The second-order valence-corrected chi connectivity index (χ2v) is 10.3. The maximum atomic E-state index is 6.56. The van der Waals surface area contributed by atoms with Gasteiger partial charge in [0, 0.05) is 24.8 Å². The van der Waals surface area contributed by atoms with Crippen molar-refractivity contribution in [3.8, 4) is 0 Å². The average molecular weight is 328 g/mol. The lowest BCUT2D eigenvalue weighted by Gasteiger charge is -2.43. The van der Waals surface area contributed by atoms with Gasteiger partial charge in [0.15, 0.2) is 0 Å². The molecule has 0 amide bonds. The predicted molar refractivity (Wildman–Crippen MR) is 95.0 cm³/mol. The third-order valence-electron chi connectivity index (χ3n) is 5.40. The van der Waals surface area contributed by atoms with Gasteiger partial charge in [0.05, 0.1) is 0 Å². The van der Waals surface area contributed by atoms with Crippen molar-refractivity contribution < 1.29 is 8.85 Å². The van der Waals surface area contributed by atoms with Crippen LogP contribution in [0.5, 0.6) is 0 Å². The molecule has 0 saturated heterocycles. The van der Waals surface area contributed by atoms with Crippen LogP contribution in [0.1, 0.15) is 85.0 Å². The van der Waals surface area contributed by atoms with Crippen molar-refractivity contribution in [2.75, 3.05) is 13.2 Å². The van der Waals surface area contributed by atoms with E-state index in [0.717, 1.165) is 32.0 Å². The van der Waals surface area contributed by atoms with Gasteiger partial charge in [-0.15, -0.1) is 0 Å². The number of hydrogen-bond donors (Lipinski definition) is 1. The lowest BCUT2D eigenvalue weighted by Crippen LogP contribution is -2.64. The van der Waals surface area contributed by atoms with Crippen molar-refractivity contribution in [2.45, 2.75) is 96.6 Å². The van der Waals surface area contributed by atoms with Crippen molar-refractivity contribution in [3.05, 3.63) is 0 Å². The minimum absolute atomic E-state index is 0.625. The first-order valence-electron chi connectivity index (χ1n) is 9.77. The monoisotopic (exact) mass is 327 g/mol. The van der Waals surface area contributed by atoms with E-state index in [1.165, 1.54) is 51.4 Å². The molecule has 2 aliphatic rings. The zero-order chi connectivity index (χ0) is 15.8. The van der Waals surface area contributed by atoms with Gasteiger partial charge in [0.1, 0.15) is 0 Å². The molecule has 2 aliphatic carbocycles. The van der Waals surface area contributed by atoms with Gasteiger partial charge in [0.25, 0.3) is 0 Å². The van der Waals surface area contributed by atoms with Gasteiger partial charge >= 0.3 is 8.72 Å². The van der Waals surface area contributed by atoms with Gasteiger partial charge in [-0.3, -0.25) is 4.98 Å². The van der Waals surface area contributed by atoms with Gasteiger partial charge in [-0.05, 0) is 38.0 Å². The lowest BCUT2D eigenvalue weighted by atomic mass is 9.90. The molecule has 130 valence electrons. The van der Waals surface area contributed by atoms with Crippen molar-refractivity contribution in [1.82, 2.24) is 4.98 Å². The van der Waals surface area contributed by atoms with Crippen LogP contribution in [0.3, 0.4) is 0 Å². The number of nitrogens with one attached hydrogen (secondary N) is 1. The maximum absolute atomic E-state index is 6.56. The van der Waals surface area contributed by atoms with Gasteiger partial charge in [-0.25, -0.2) is 0 Å². The Kier molecular flexibility index (Phi) is 7.88. The number of hydrogen-bond acceptors (Lipinski definition) is 3. The molecule has 0 bridgehead atoms. The van der Waals surface area contributed by atoms with Crippen LogP contribution >= 0.6 is 0 Å². The van der Waals surface area contributed by atoms with E-state index < -0.39 is 8.72 Å². The van der Waals surface area contributed by atoms with Crippen molar-refractivity contribution in [1.29, 1.82) is 0 Å². The number of rotatable bonds is 9.